The summed E-state index contributed by atoms with van der Waals surface area (Å²) < 4.78 is -1.61. The van der Waals surface area contributed by atoms with Crippen LogP contribution in [0.1, 0.15) is 0 Å². The lowest BCUT2D eigenvalue weighted by atomic mass is 11.8. The summed E-state index contributed by atoms with van der Waals surface area (Å²) in [6.07, 6.45) is 0. The van der Waals surface area contributed by atoms with Crippen molar-refractivity contribution >= 4 is 46.4 Å². The van der Waals surface area contributed by atoms with Crippen molar-refractivity contribution in [3.8, 4) is 0 Å². The van der Waals surface area contributed by atoms with E-state index in [0.717, 1.165) is 0 Å². The monoisotopic (exact) mass is 184 g/mol. The highest BCUT2D eigenvalue weighted by atomic mass is 35.6. The molecular weight excluding hydrogens is 182 g/mol. The molecule has 0 radical (unpaired) electrons. The Morgan fingerprint density at radius 1 is 0.857 bits per heavy atom. The molecule has 0 bridgehead atoms. The minimum Gasteiger partial charge on any atom is -0.274 e. The number of halogens is 4. The highest BCUT2D eigenvalue weighted by Crippen LogP contribution is 2.29. The van der Waals surface area contributed by atoms with Crippen LogP contribution in [0, 0.1) is 0 Å². The first-order valence-electron chi connectivity index (χ1n) is 1.09. The lowest BCUT2D eigenvalue weighted by molar-refractivity contribution is 1.26. The zero-order valence-electron chi connectivity index (χ0n) is 3.17. The topological polar surface area (TPSA) is 52.0 Å². The fourth-order valence-electron chi connectivity index (χ4n) is 0. The molecule has 0 aliphatic carbocycles. The molecule has 0 rings (SSSR count). The van der Waals surface area contributed by atoms with Gasteiger partial charge in [0.15, 0.2) is 0 Å². The maximum absolute atomic E-state index is 4.83. The average Bonchev–Trinajstić information content (AvgIpc) is 1.36. The predicted octanol–water partition coefficient (Wildman–Crippen LogP) is 1.37. The SMILES string of the molecule is ClC(Cl)(Cl)Cl.NN. The van der Waals surface area contributed by atoms with E-state index in [4.69, 9.17) is 46.4 Å². The predicted molar refractivity (Wildman–Crippen MR) is 34.5 cm³/mol. The van der Waals surface area contributed by atoms with E-state index in [0.29, 0.717) is 0 Å². The van der Waals surface area contributed by atoms with Gasteiger partial charge in [-0.25, -0.2) is 0 Å². The lowest BCUT2D eigenvalue weighted by Gasteiger charge is -1.91. The molecule has 6 heteroatoms. The summed E-state index contributed by atoms with van der Waals surface area (Å²) in [4.78, 5) is 0. The molecule has 0 amide bonds. The largest absolute Gasteiger partial charge is 0.274 e. The van der Waals surface area contributed by atoms with Crippen LogP contribution in [0.5, 0.6) is 0 Å². The molecule has 46 valence electrons. The van der Waals surface area contributed by atoms with E-state index in [9.17, 15) is 0 Å². The molecule has 0 saturated heterocycles. The molecule has 0 aromatic carbocycles. The minimum atomic E-state index is -1.61. The second-order valence-corrected chi connectivity index (χ2v) is 3.86. The summed E-state index contributed by atoms with van der Waals surface area (Å²) in [5.41, 5.74) is 0. The Balaban J connectivity index is 0. The van der Waals surface area contributed by atoms with Crippen molar-refractivity contribution in [1.82, 2.24) is 0 Å². The standard InChI is InChI=1S/CCl4.H4N2/c2-1(3,4)5;1-2/h;1-2H2. The van der Waals surface area contributed by atoms with Crippen molar-refractivity contribution in [1.29, 1.82) is 0 Å². The Bertz CT molecular complexity index is 25.2. The van der Waals surface area contributed by atoms with Crippen LogP contribution in [-0.4, -0.2) is 3.25 Å². The van der Waals surface area contributed by atoms with E-state index >= 15 is 0 Å². The van der Waals surface area contributed by atoms with Crippen molar-refractivity contribution in [2.75, 3.05) is 0 Å². The molecule has 0 atom stereocenters. The minimum absolute atomic E-state index is 1.61. The van der Waals surface area contributed by atoms with E-state index in [1.165, 1.54) is 0 Å². The first-order chi connectivity index (χ1) is 3.00. The van der Waals surface area contributed by atoms with Gasteiger partial charge in [0.1, 0.15) is 0 Å². The zero-order chi connectivity index (χ0) is 6.50. The van der Waals surface area contributed by atoms with Crippen LogP contribution in [-0.2, 0) is 0 Å². The van der Waals surface area contributed by atoms with Crippen LogP contribution >= 0.6 is 46.4 Å². The van der Waals surface area contributed by atoms with Crippen molar-refractivity contribution in [3.05, 3.63) is 0 Å². The number of alkyl halides is 4. The van der Waals surface area contributed by atoms with Crippen molar-refractivity contribution in [2.45, 2.75) is 3.25 Å². The second kappa shape index (κ2) is 5.22. The van der Waals surface area contributed by atoms with Gasteiger partial charge in [0.25, 0.3) is 3.25 Å². The molecule has 2 nitrogen and oxygen atoms in total. The van der Waals surface area contributed by atoms with Gasteiger partial charge < -0.3 is 0 Å². The van der Waals surface area contributed by atoms with Crippen LogP contribution < -0.4 is 11.7 Å². The first kappa shape index (κ1) is 11.0. The van der Waals surface area contributed by atoms with E-state index in [1.54, 1.807) is 0 Å². The van der Waals surface area contributed by atoms with E-state index < -0.39 is 3.25 Å². The number of hydrogen-bond acceptors (Lipinski definition) is 2. The molecule has 0 aliphatic rings. The van der Waals surface area contributed by atoms with Gasteiger partial charge in [0.2, 0.25) is 0 Å². The molecule has 0 saturated carbocycles. The molecule has 0 fully saturated rings. The Hall–Kier alpha value is 1.08. The van der Waals surface area contributed by atoms with Gasteiger partial charge >= 0.3 is 0 Å². The van der Waals surface area contributed by atoms with Crippen LogP contribution in [0.2, 0.25) is 0 Å². The average molecular weight is 186 g/mol. The Morgan fingerprint density at radius 2 is 0.857 bits per heavy atom. The molecule has 0 unspecified atom stereocenters. The van der Waals surface area contributed by atoms with Gasteiger partial charge in [-0.05, 0) is 0 Å². The van der Waals surface area contributed by atoms with Gasteiger partial charge in [-0.1, -0.05) is 46.4 Å². The highest BCUT2D eigenvalue weighted by molar-refractivity contribution is 6.83. The van der Waals surface area contributed by atoms with Gasteiger partial charge in [0.05, 0.1) is 0 Å². The zero-order valence-corrected chi connectivity index (χ0v) is 6.19. The van der Waals surface area contributed by atoms with Gasteiger partial charge in [-0.15, -0.1) is 0 Å². The van der Waals surface area contributed by atoms with Gasteiger partial charge in [-0.3, -0.25) is 11.7 Å². The van der Waals surface area contributed by atoms with Crippen LogP contribution in [0.3, 0.4) is 0 Å². The molecule has 0 heterocycles. The van der Waals surface area contributed by atoms with Crippen molar-refractivity contribution < 1.29 is 0 Å². The lowest BCUT2D eigenvalue weighted by Crippen LogP contribution is -2.02. The highest BCUT2D eigenvalue weighted by Gasteiger charge is 2.11. The summed E-state index contributed by atoms with van der Waals surface area (Å²) in [6, 6.07) is 0. The Morgan fingerprint density at radius 3 is 0.857 bits per heavy atom. The molecule has 7 heavy (non-hydrogen) atoms. The maximum Gasteiger partial charge on any atom is 0.266 e. The number of hydrazine groups is 1. The van der Waals surface area contributed by atoms with Gasteiger partial charge in [-0.2, -0.15) is 0 Å². The van der Waals surface area contributed by atoms with E-state index in [2.05, 4.69) is 11.7 Å². The summed E-state index contributed by atoms with van der Waals surface area (Å²) in [7, 11) is 0. The molecule has 4 N–H and O–H groups in total. The number of hydrogen-bond donors (Lipinski definition) is 2. The molecular formula is CH4Cl4N2. The first-order valence-corrected chi connectivity index (χ1v) is 2.60. The fraction of sp³-hybridized carbons (Fsp3) is 1.00. The van der Waals surface area contributed by atoms with Gasteiger partial charge in [0, 0.05) is 0 Å². The molecule has 0 aromatic rings. The Labute approximate surface area is 61.6 Å². The summed E-state index contributed by atoms with van der Waals surface area (Å²) in [6.45, 7) is 0. The van der Waals surface area contributed by atoms with Crippen LogP contribution in [0.25, 0.3) is 0 Å². The molecule has 0 aromatic heterocycles. The second-order valence-electron chi connectivity index (χ2n) is 0.429. The van der Waals surface area contributed by atoms with Crippen LogP contribution in [0.4, 0.5) is 0 Å². The molecule has 0 aliphatic heterocycles. The summed E-state index contributed by atoms with van der Waals surface area (Å²) in [5, 5.41) is 0. The third kappa shape index (κ3) is 157. The smallest absolute Gasteiger partial charge is 0.266 e. The van der Waals surface area contributed by atoms with E-state index in [-0.39, 0.29) is 0 Å². The van der Waals surface area contributed by atoms with Crippen molar-refractivity contribution in [3.63, 3.8) is 0 Å². The number of rotatable bonds is 0. The normalized spacial score (nSPS) is 9.43. The third-order valence-corrected chi connectivity index (χ3v) is 0. The van der Waals surface area contributed by atoms with E-state index in [1.807, 2.05) is 0 Å². The third-order valence-electron chi connectivity index (χ3n) is 0. The molecule has 0 spiro atoms. The van der Waals surface area contributed by atoms with Crippen molar-refractivity contribution in [2.24, 2.45) is 11.7 Å². The summed E-state index contributed by atoms with van der Waals surface area (Å²) >= 11 is 19.3. The maximum atomic E-state index is 4.83. The fourth-order valence-corrected chi connectivity index (χ4v) is 0. The summed E-state index contributed by atoms with van der Waals surface area (Å²) in [5.74, 6) is 8.00. The number of nitrogens with two attached hydrogens (primary N) is 2. The quantitative estimate of drug-likeness (QED) is 0.341. The Kier molecular flexibility index (Phi) is 8.17. The van der Waals surface area contributed by atoms with Crippen LogP contribution in [0.15, 0.2) is 0 Å².